The molecule has 0 aliphatic rings. The first-order valence-corrected chi connectivity index (χ1v) is 9.66. The summed E-state index contributed by atoms with van der Waals surface area (Å²) in [5, 5.41) is 5.27. The SMILES string of the molecule is CCOc1ccccc1NC(=O)CS[C@H](C)C(=O)Nc1ccc(OC)cc1. The summed E-state index contributed by atoms with van der Waals surface area (Å²) in [5.74, 6) is 1.17. The lowest BCUT2D eigenvalue weighted by molar-refractivity contribution is -0.115. The minimum atomic E-state index is -0.375. The Morgan fingerprint density at radius 1 is 1.07 bits per heavy atom. The predicted molar refractivity (Wildman–Crippen MR) is 110 cm³/mol. The summed E-state index contributed by atoms with van der Waals surface area (Å²) in [5.41, 5.74) is 1.31. The average molecular weight is 388 g/mol. The molecule has 0 saturated heterocycles. The van der Waals surface area contributed by atoms with Crippen LogP contribution in [-0.4, -0.2) is 36.5 Å². The van der Waals surface area contributed by atoms with Crippen LogP contribution in [0.2, 0.25) is 0 Å². The van der Waals surface area contributed by atoms with Gasteiger partial charge in [0.05, 0.1) is 30.4 Å². The molecule has 0 aromatic heterocycles. The first-order chi connectivity index (χ1) is 13.0. The normalized spacial score (nSPS) is 11.4. The standard InChI is InChI=1S/C20H24N2O4S/c1-4-26-18-8-6-5-7-17(18)22-19(23)13-27-14(2)20(24)21-15-9-11-16(25-3)12-10-15/h5-12,14H,4,13H2,1-3H3,(H,21,24)(H,22,23)/t14-/m1/s1. The fourth-order valence-corrected chi connectivity index (χ4v) is 2.92. The first kappa shape index (κ1) is 20.6. The Bertz CT molecular complexity index is 765. The summed E-state index contributed by atoms with van der Waals surface area (Å²) in [4.78, 5) is 24.5. The summed E-state index contributed by atoms with van der Waals surface area (Å²) in [6.45, 7) is 4.17. The van der Waals surface area contributed by atoms with Crippen molar-refractivity contribution in [3.63, 3.8) is 0 Å². The van der Waals surface area contributed by atoms with Gasteiger partial charge in [0.2, 0.25) is 11.8 Å². The number of amides is 2. The highest BCUT2D eigenvalue weighted by Gasteiger charge is 2.16. The molecule has 1 atom stereocenters. The summed E-state index contributed by atoms with van der Waals surface area (Å²) in [6.07, 6.45) is 0. The van der Waals surface area contributed by atoms with E-state index in [9.17, 15) is 9.59 Å². The Hall–Kier alpha value is -2.67. The van der Waals surface area contributed by atoms with Crippen LogP contribution in [0.4, 0.5) is 11.4 Å². The van der Waals surface area contributed by atoms with Crippen LogP contribution in [0, 0.1) is 0 Å². The molecular weight excluding hydrogens is 364 g/mol. The molecule has 6 nitrogen and oxygen atoms in total. The number of nitrogens with one attached hydrogen (secondary N) is 2. The van der Waals surface area contributed by atoms with Gasteiger partial charge in [-0.15, -0.1) is 11.8 Å². The highest BCUT2D eigenvalue weighted by molar-refractivity contribution is 8.01. The Morgan fingerprint density at radius 3 is 2.44 bits per heavy atom. The number of thioether (sulfide) groups is 1. The van der Waals surface area contributed by atoms with Crippen molar-refractivity contribution in [2.75, 3.05) is 30.1 Å². The molecule has 2 aromatic carbocycles. The Labute approximate surface area is 163 Å². The number of hydrogen-bond acceptors (Lipinski definition) is 5. The molecular formula is C20H24N2O4S. The van der Waals surface area contributed by atoms with Crippen molar-refractivity contribution in [1.82, 2.24) is 0 Å². The molecule has 2 amide bonds. The second-order valence-electron chi connectivity index (χ2n) is 5.65. The van der Waals surface area contributed by atoms with Gasteiger partial charge in [0, 0.05) is 5.69 Å². The van der Waals surface area contributed by atoms with Crippen LogP contribution in [0.1, 0.15) is 13.8 Å². The van der Waals surface area contributed by atoms with Crippen molar-refractivity contribution in [3.05, 3.63) is 48.5 Å². The van der Waals surface area contributed by atoms with Gasteiger partial charge in [-0.2, -0.15) is 0 Å². The molecule has 0 bridgehead atoms. The number of carbonyl (C=O) groups is 2. The molecule has 2 aromatic rings. The van der Waals surface area contributed by atoms with Crippen LogP contribution in [0.3, 0.4) is 0 Å². The largest absolute Gasteiger partial charge is 0.497 e. The maximum Gasteiger partial charge on any atom is 0.237 e. The van der Waals surface area contributed by atoms with E-state index < -0.39 is 0 Å². The zero-order valence-electron chi connectivity index (χ0n) is 15.7. The first-order valence-electron chi connectivity index (χ1n) is 8.61. The number of ether oxygens (including phenoxy) is 2. The van der Waals surface area contributed by atoms with Crippen LogP contribution in [0.5, 0.6) is 11.5 Å². The van der Waals surface area contributed by atoms with E-state index >= 15 is 0 Å². The van der Waals surface area contributed by atoms with Gasteiger partial charge in [-0.1, -0.05) is 12.1 Å². The van der Waals surface area contributed by atoms with Gasteiger partial charge < -0.3 is 20.1 Å². The lowest BCUT2D eigenvalue weighted by Gasteiger charge is -2.13. The van der Waals surface area contributed by atoms with Crippen LogP contribution < -0.4 is 20.1 Å². The predicted octanol–water partition coefficient (Wildman–Crippen LogP) is 3.79. The highest BCUT2D eigenvalue weighted by Crippen LogP contribution is 2.24. The van der Waals surface area contributed by atoms with Crippen molar-refractivity contribution in [1.29, 1.82) is 0 Å². The zero-order chi connectivity index (χ0) is 19.6. The quantitative estimate of drug-likeness (QED) is 0.683. The molecule has 0 heterocycles. The third-order valence-electron chi connectivity index (χ3n) is 3.65. The number of benzene rings is 2. The Balaban J connectivity index is 1.82. The number of para-hydroxylation sites is 2. The topological polar surface area (TPSA) is 76.7 Å². The molecule has 2 rings (SSSR count). The molecule has 7 heteroatoms. The van der Waals surface area contributed by atoms with Gasteiger partial charge in [-0.05, 0) is 50.2 Å². The fourth-order valence-electron chi connectivity index (χ4n) is 2.23. The molecule has 0 saturated carbocycles. The molecule has 0 unspecified atom stereocenters. The number of hydrogen-bond donors (Lipinski definition) is 2. The lowest BCUT2D eigenvalue weighted by Crippen LogP contribution is -2.25. The molecule has 0 spiro atoms. The van der Waals surface area contributed by atoms with E-state index in [1.54, 1.807) is 50.4 Å². The highest BCUT2D eigenvalue weighted by atomic mass is 32.2. The molecule has 2 N–H and O–H groups in total. The van der Waals surface area contributed by atoms with Gasteiger partial charge in [-0.25, -0.2) is 0 Å². The maximum atomic E-state index is 12.3. The van der Waals surface area contributed by atoms with Crippen molar-refractivity contribution in [3.8, 4) is 11.5 Å². The minimum absolute atomic E-state index is 0.160. The molecule has 0 aliphatic heterocycles. The van der Waals surface area contributed by atoms with Gasteiger partial charge in [-0.3, -0.25) is 9.59 Å². The van der Waals surface area contributed by atoms with E-state index in [2.05, 4.69) is 10.6 Å². The number of anilines is 2. The third-order valence-corrected chi connectivity index (χ3v) is 4.80. The Morgan fingerprint density at radius 2 is 1.78 bits per heavy atom. The lowest BCUT2D eigenvalue weighted by atomic mass is 10.3. The van der Waals surface area contributed by atoms with E-state index in [1.807, 2.05) is 19.1 Å². The van der Waals surface area contributed by atoms with Crippen LogP contribution in [0.15, 0.2) is 48.5 Å². The molecule has 0 aliphatic carbocycles. The summed E-state index contributed by atoms with van der Waals surface area (Å²) in [6, 6.07) is 14.4. The van der Waals surface area contributed by atoms with E-state index in [1.165, 1.54) is 11.8 Å². The molecule has 0 fully saturated rings. The Kier molecular flexibility index (Phi) is 8.00. The van der Waals surface area contributed by atoms with E-state index in [0.717, 1.165) is 5.75 Å². The van der Waals surface area contributed by atoms with Gasteiger partial charge >= 0.3 is 0 Å². The summed E-state index contributed by atoms with van der Waals surface area (Å²) in [7, 11) is 1.59. The fraction of sp³-hybridized carbons (Fsp3) is 0.300. The maximum absolute atomic E-state index is 12.3. The third kappa shape index (κ3) is 6.53. The van der Waals surface area contributed by atoms with E-state index in [0.29, 0.717) is 23.7 Å². The molecule has 0 radical (unpaired) electrons. The van der Waals surface area contributed by atoms with Crippen molar-refractivity contribution >= 4 is 35.0 Å². The average Bonchev–Trinajstić information content (AvgIpc) is 2.68. The van der Waals surface area contributed by atoms with Crippen molar-refractivity contribution in [2.45, 2.75) is 19.1 Å². The van der Waals surface area contributed by atoms with Crippen LogP contribution >= 0.6 is 11.8 Å². The molecule has 27 heavy (non-hydrogen) atoms. The second-order valence-corrected chi connectivity index (χ2v) is 6.98. The second kappa shape index (κ2) is 10.5. The van der Waals surface area contributed by atoms with E-state index in [4.69, 9.17) is 9.47 Å². The zero-order valence-corrected chi connectivity index (χ0v) is 16.5. The van der Waals surface area contributed by atoms with Gasteiger partial charge in [0.1, 0.15) is 11.5 Å². The van der Waals surface area contributed by atoms with Gasteiger partial charge in [0.15, 0.2) is 0 Å². The monoisotopic (exact) mass is 388 g/mol. The number of rotatable bonds is 9. The number of methoxy groups -OCH3 is 1. The number of carbonyl (C=O) groups excluding carboxylic acids is 2. The summed E-state index contributed by atoms with van der Waals surface area (Å²) >= 11 is 1.27. The smallest absolute Gasteiger partial charge is 0.237 e. The molecule has 144 valence electrons. The van der Waals surface area contributed by atoms with Crippen molar-refractivity contribution in [2.24, 2.45) is 0 Å². The van der Waals surface area contributed by atoms with Crippen LogP contribution in [-0.2, 0) is 9.59 Å². The van der Waals surface area contributed by atoms with Gasteiger partial charge in [0.25, 0.3) is 0 Å². The summed E-state index contributed by atoms with van der Waals surface area (Å²) < 4.78 is 10.6. The van der Waals surface area contributed by atoms with Crippen molar-refractivity contribution < 1.29 is 19.1 Å². The van der Waals surface area contributed by atoms with E-state index in [-0.39, 0.29) is 22.8 Å². The minimum Gasteiger partial charge on any atom is -0.497 e. The van der Waals surface area contributed by atoms with Crippen LogP contribution in [0.25, 0.3) is 0 Å².